The molecule has 156 valence electrons. The molecule has 1 heterocycles. The van der Waals surface area contributed by atoms with Gasteiger partial charge in [-0.2, -0.15) is 0 Å². The Morgan fingerprint density at radius 2 is 1.90 bits per heavy atom. The number of nitrogens with two attached hydrogens (primary N) is 1. The fourth-order valence-corrected chi connectivity index (χ4v) is 4.35. The smallest absolute Gasteiger partial charge is 0.341 e. The van der Waals surface area contributed by atoms with Crippen LogP contribution in [0.1, 0.15) is 31.2 Å². The second kappa shape index (κ2) is 11.2. The SMILES string of the molecule is COCCOC(=O)c1c(NC(=O)CSCc2ccc(Cl)cc2)sc(C(N)=O)c1C. The third kappa shape index (κ3) is 6.74. The highest BCUT2D eigenvalue weighted by Crippen LogP contribution is 2.33. The van der Waals surface area contributed by atoms with Gasteiger partial charge in [0, 0.05) is 17.9 Å². The van der Waals surface area contributed by atoms with Crippen molar-refractivity contribution in [1.82, 2.24) is 0 Å². The fraction of sp³-hybridized carbons (Fsp3) is 0.316. The fourth-order valence-electron chi connectivity index (χ4n) is 2.38. The number of rotatable bonds is 10. The van der Waals surface area contributed by atoms with E-state index in [1.165, 1.54) is 18.9 Å². The summed E-state index contributed by atoms with van der Waals surface area (Å²) in [4.78, 5) is 36.6. The van der Waals surface area contributed by atoms with Crippen LogP contribution >= 0.6 is 34.7 Å². The van der Waals surface area contributed by atoms with Gasteiger partial charge in [0.15, 0.2) is 0 Å². The first-order valence-corrected chi connectivity index (χ1v) is 10.9. The molecule has 0 aliphatic rings. The zero-order chi connectivity index (χ0) is 21.4. The second-order valence-electron chi connectivity index (χ2n) is 5.92. The van der Waals surface area contributed by atoms with Gasteiger partial charge in [-0.1, -0.05) is 23.7 Å². The molecule has 0 aliphatic heterocycles. The molecule has 0 bridgehead atoms. The number of halogens is 1. The number of thioether (sulfide) groups is 1. The molecule has 10 heteroatoms. The molecule has 1 aromatic carbocycles. The number of benzene rings is 1. The minimum Gasteiger partial charge on any atom is -0.460 e. The van der Waals surface area contributed by atoms with Crippen LogP contribution in [0.15, 0.2) is 24.3 Å². The van der Waals surface area contributed by atoms with E-state index in [1.54, 1.807) is 19.1 Å². The summed E-state index contributed by atoms with van der Waals surface area (Å²) in [5.41, 5.74) is 6.94. The van der Waals surface area contributed by atoms with Crippen LogP contribution in [0.25, 0.3) is 0 Å². The predicted octanol–water partition coefficient (Wildman–Crippen LogP) is 3.48. The summed E-state index contributed by atoms with van der Waals surface area (Å²) >= 11 is 8.23. The number of primary amides is 1. The van der Waals surface area contributed by atoms with Crippen LogP contribution in [-0.2, 0) is 20.0 Å². The number of thiophene rings is 1. The van der Waals surface area contributed by atoms with Gasteiger partial charge in [0.25, 0.3) is 5.91 Å². The first-order chi connectivity index (χ1) is 13.8. The lowest BCUT2D eigenvalue weighted by Gasteiger charge is -2.08. The van der Waals surface area contributed by atoms with E-state index in [9.17, 15) is 14.4 Å². The molecular formula is C19H21ClN2O5S2. The Morgan fingerprint density at radius 3 is 2.52 bits per heavy atom. The Bertz CT molecular complexity index is 883. The van der Waals surface area contributed by atoms with Crippen molar-refractivity contribution < 1.29 is 23.9 Å². The minimum atomic E-state index is -0.670. The van der Waals surface area contributed by atoms with Gasteiger partial charge in [-0.15, -0.1) is 23.1 Å². The minimum absolute atomic E-state index is 0.0564. The third-order valence-electron chi connectivity index (χ3n) is 3.76. The molecule has 0 saturated carbocycles. The Morgan fingerprint density at radius 1 is 1.21 bits per heavy atom. The zero-order valence-corrected chi connectivity index (χ0v) is 18.3. The summed E-state index contributed by atoms with van der Waals surface area (Å²) in [6.07, 6.45) is 0. The average Bonchev–Trinajstić information content (AvgIpc) is 2.99. The number of carbonyl (C=O) groups excluding carboxylic acids is 3. The topological polar surface area (TPSA) is 108 Å². The van der Waals surface area contributed by atoms with E-state index < -0.39 is 11.9 Å². The van der Waals surface area contributed by atoms with Crippen molar-refractivity contribution in [1.29, 1.82) is 0 Å². The van der Waals surface area contributed by atoms with Crippen LogP contribution in [0, 0.1) is 6.92 Å². The van der Waals surface area contributed by atoms with Crippen LogP contribution in [0.4, 0.5) is 5.00 Å². The first-order valence-electron chi connectivity index (χ1n) is 8.54. The largest absolute Gasteiger partial charge is 0.460 e. The highest BCUT2D eigenvalue weighted by atomic mass is 35.5. The lowest BCUT2D eigenvalue weighted by molar-refractivity contribution is -0.113. The van der Waals surface area contributed by atoms with Gasteiger partial charge in [-0.25, -0.2) is 4.79 Å². The van der Waals surface area contributed by atoms with Crippen molar-refractivity contribution in [2.75, 3.05) is 31.4 Å². The first kappa shape index (κ1) is 23.2. The molecule has 2 amide bonds. The molecule has 0 spiro atoms. The third-order valence-corrected chi connectivity index (χ3v) is 6.24. The van der Waals surface area contributed by atoms with Crippen LogP contribution in [-0.4, -0.2) is 43.9 Å². The van der Waals surface area contributed by atoms with Gasteiger partial charge in [0.2, 0.25) is 5.91 Å². The van der Waals surface area contributed by atoms with Crippen molar-refractivity contribution >= 4 is 57.5 Å². The summed E-state index contributed by atoms with van der Waals surface area (Å²) < 4.78 is 9.99. The van der Waals surface area contributed by atoms with Crippen LogP contribution in [0.2, 0.25) is 5.02 Å². The predicted molar refractivity (Wildman–Crippen MR) is 116 cm³/mol. The highest BCUT2D eigenvalue weighted by molar-refractivity contribution is 7.99. The lowest BCUT2D eigenvalue weighted by atomic mass is 10.1. The number of hydrogen-bond donors (Lipinski definition) is 2. The molecule has 7 nitrogen and oxygen atoms in total. The van der Waals surface area contributed by atoms with Crippen molar-refractivity contribution in [3.63, 3.8) is 0 Å². The molecule has 29 heavy (non-hydrogen) atoms. The molecule has 1 aromatic heterocycles. The zero-order valence-electron chi connectivity index (χ0n) is 16.0. The van der Waals surface area contributed by atoms with Crippen LogP contribution in [0.3, 0.4) is 0 Å². The summed E-state index contributed by atoms with van der Waals surface area (Å²) in [5, 5.41) is 3.59. The van der Waals surface area contributed by atoms with Gasteiger partial charge in [0.05, 0.1) is 22.8 Å². The number of nitrogens with one attached hydrogen (secondary N) is 1. The quantitative estimate of drug-likeness (QED) is 0.418. The number of anilines is 1. The molecule has 3 N–H and O–H groups in total. The van der Waals surface area contributed by atoms with E-state index in [0.717, 1.165) is 16.9 Å². The van der Waals surface area contributed by atoms with Crippen molar-refractivity contribution in [2.45, 2.75) is 12.7 Å². The number of esters is 1. The van der Waals surface area contributed by atoms with Crippen molar-refractivity contribution in [3.05, 3.63) is 50.9 Å². The van der Waals surface area contributed by atoms with E-state index >= 15 is 0 Å². The van der Waals surface area contributed by atoms with Crippen LogP contribution < -0.4 is 11.1 Å². The second-order valence-corrected chi connectivity index (χ2v) is 8.36. The van der Waals surface area contributed by atoms with E-state index in [1.807, 2.05) is 12.1 Å². The van der Waals surface area contributed by atoms with Gasteiger partial charge in [-0.05, 0) is 30.2 Å². The maximum absolute atomic E-state index is 12.4. The molecule has 0 unspecified atom stereocenters. The Labute approximate surface area is 181 Å². The van der Waals surface area contributed by atoms with Gasteiger partial charge in [0.1, 0.15) is 11.6 Å². The maximum Gasteiger partial charge on any atom is 0.341 e. The summed E-state index contributed by atoms with van der Waals surface area (Å²) in [6, 6.07) is 7.36. The number of ether oxygens (including phenoxy) is 2. The molecule has 0 radical (unpaired) electrons. The average molecular weight is 457 g/mol. The summed E-state index contributed by atoms with van der Waals surface area (Å²) in [6.45, 7) is 1.88. The standard InChI is InChI=1S/C19H21ClN2O5S2/c1-11-15(19(25)27-8-7-26-2)18(29-16(11)17(21)24)22-14(23)10-28-9-12-3-5-13(20)6-4-12/h3-6H,7-10H2,1-2H3,(H2,21,24)(H,22,23). The Hall–Kier alpha value is -2.07. The summed E-state index contributed by atoms with van der Waals surface area (Å²) in [5.74, 6) is -0.813. The number of carbonyl (C=O) groups is 3. The highest BCUT2D eigenvalue weighted by Gasteiger charge is 2.25. The van der Waals surface area contributed by atoms with Crippen LogP contribution in [0.5, 0.6) is 0 Å². The number of hydrogen-bond acceptors (Lipinski definition) is 7. The van der Waals surface area contributed by atoms with E-state index in [4.69, 9.17) is 26.8 Å². The molecule has 0 fully saturated rings. The molecule has 2 aromatic rings. The van der Waals surface area contributed by atoms with E-state index in [2.05, 4.69) is 5.32 Å². The normalized spacial score (nSPS) is 10.6. The number of methoxy groups -OCH3 is 1. The molecule has 2 rings (SSSR count). The van der Waals surface area contributed by atoms with Crippen molar-refractivity contribution in [2.24, 2.45) is 5.73 Å². The van der Waals surface area contributed by atoms with E-state index in [-0.39, 0.29) is 40.3 Å². The van der Waals surface area contributed by atoms with E-state index in [0.29, 0.717) is 16.3 Å². The van der Waals surface area contributed by atoms with Crippen molar-refractivity contribution in [3.8, 4) is 0 Å². The van der Waals surface area contributed by atoms with Gasteiger partial charge in [-0.3, -0.25) is 9.59 Å². The maximum atomic E-state index is 12.4. The summed E-state index contributed by atoms with van der Waals surface area (Å²) in [7, 11) is 1.49. The monoisotopic (exact) mass is 456 g/mol. The molecule has 0 aliphatic carbocycles. The van der Waals surface area contributed by atoms with Gasteiger partial charge < -0.3 is 20.5 Å². The Balaban J connectivity index is 2.04. The molecule has 0 saturated heterocycles. The Kier molecular flexibility index (Phi) is 8.97. The van der Waals surface area contributed by atoms with Gasteiger partial charge >= 0.3 is 5.97 Å². The molecular weight excluding hydrogens is 436 g/mol. The molecule has 0 atom stereocenters. The number of amides is 2. The lowest BCUT2D eigenvalue weighted by Crippen LogP contribution is -2.17.